The molecule has 0 aliphatic rings. The Bertz CT molecular complexity index is 454. The van der Waals surface area contributed by atoms with Gasteiger partial charge in [-0.3, -0.25) is 4.79 Å². The molecule has 0 aliphatic heterocycles. The minimum absolute atomic E-state index is 0.160. The summed E-state index contributed by atoms with van der Waals surface area (Å²) in [6, 6.07) is 0. The van der Waals surface area contributed by atoms with Gasteiger partial charge in [-0.05, 0) is 66.1 Å². The minimum atomic E-state index is -1.23. The molecule has 7 nitrogen and oxygen atoms in total. The quantitative estimate of drug-likeness (QED) is 0.166. The largest absolute Gasteiger partial charge is 0.479 e. The fraction of sp³-hybridized carbons (Fsp3) is 0.846. The summed E-state index contributed by atoms with van der Waals surface area (Å²) in [5.41, 5.74) is 5.09. The normalized spacial score (nSPS) is 12.5. The smallest absolute Gasteiger partial charge is 0.332 e. The number of carbonyl (C=O) groups excluding carboxylic acids is 1. The highest BCUT2D eigenvalue weighted by Gasteiger charge is 2.02. The van der Waals surface area contributed by atoms with Crippen LogP contribution in [0.3, 0.4) is 0 Å². The number of hydrogen-bond donors (Lipinski definition) is 4. The first-order chi connectivity index (χ1) is 15.6. The van der Waals surface area contributed by atoms with Crippen LogP contribution in [0, 0.1) is 0 Å². The Balaban J connectivity index is -0.000000611. The van der Waals surface area contributed by atoms with E-state index in [9.17, 15) is 14.7 Å². The number of nitrogens with zero attached hydrogens (tertiary/aromatic N) is 1. The third-order valence-electron chi connectivity index (χ3n) is 4.79. The van der Waals surface area contributed by atoms with Crippen molar-refractivity contribution in [2.24, 2.45) is 5.73 Å². The van der Waals surface area contributed by atoms with E-state index in [1.165, 1.54) is 58.4 Å². The molecule has 198 valence electrons. The van der Waals surface area contributed by atoms with Gasteiger partial charge in [-0.1, -0.05) is 70.9 Å². The van der Waals surface area contributed by atoms with Crippen LogP contribution in [0.5, 0.6) is 0 Å². The molecule has 0 aromatic carbocycles. The number of carbonyl (C=O) groups is 2. The van der Waals surface area contributed by atoms with E-state index < -0.39 is 12.1 Å². The Morgan fingerprint density at radius 1 is 0.879 bits per heavy atom. The number of carboxylic acid groups (broad SMARTS) is 1. The molecular formula is C26H54N2O5. The zero-order valence-corrected chi connectivity index (χ0v) is 22.1. The third kappa shape index (κ3) is 41.3. The fourth-order valence-electron chi connectivity index (χ4n) is 2.83. The summed E-state index contributed by atoms with van der Waals surface area (Å²) in [7, 11) is 4.17. The van der Waals surface area contributed by atoms with Crippen LogP contribution in [0.1, 0.15) is 111 Å². The molecule has 0 aliphatic carbocycles. The number of hydrogen-bond acceptors (Lipinski definition) is 5. The molecule has 0 rings (SSSR count). The molecule has 0 aromatic rings. The molecule has 33 heavy (non-hydrogen) atoms. The van der Waals surface area contributed by atoms with Crippen LogP contribution in [0.4, 0.5) is 0 Å². The lowest BCUT2D eigenvalue weighted by atomic mass is 10.1. The number of primary amides is 1. The van der Waals surface area contributed by atoms with Crippen molar-refractivity contribution in [2.75, 3.05) is 20.6 Å². The molecular weight excluding hydrogens is 420 g/mol. The standard InChI is InChI=1S/C18H35NO2.C5H13N.C3H6O3/c1-2-3-4-11-14-17(20)15-12-9-7-5-6-8-10-13-16-18(19)21;1-4-5-6(2)3;1-2(4)3(5)6/h9,12,17,20H,2-8,10-11,13-16H2,1H3,(H2,19,21);4-5H2,1-3H3;2,4H,1H3,(H,5,6)/b12-9-;;. The number of amides is 1. The molecule has 2 unspecified atom stereocenters. The van der Waals surface area contributed by atoms with Crippen molar-refractivity contribution in [1.29, 1.82) is 0 Å². The molecule has 7 heteroatoms. The molecule has 0 saturated heterocycles. The van der Waals surface area contributed by atoms with Crippen LogP contribution in [-0.2, 0) is 9.59 Å². The Morgan fingerprint density at radius 2 is 1.42 bits per heavy atom. The first-order valence-corrected chi connectivity index (χ1v) is 12.7. The van der Waals surface area contributed by atoms with Gasteiger partial charge >= 0.3 is 5.97 Å². The van der Waals surface area contributed by atoms with Crippen molar-refractivity contribution >= 4 is 11.9 Å². The summed E-state index contributed by atoms with van der Waals surface area (Å²) in [5, 5.41) is 25.6. The highest BCUT2D eigenvalue weighted by Crippen LogP contribution is 2.10. The fourth-order valence-corrected chi connectivity index (χ4v) is 2.83. The van der Waals surface area contributed by atoms with Crippen molar-refractivity contribution in [2.45, 2.75) is 123 Å². The molecule has 5 N–H and O–H groups in total. The van der Waals surface area contributed by atoms with Crippen LogP contribution >= 0.6 is 0 Å². The molecule has 0 heterocycles. The van der Waals surface area contributed by atoms with Gasteiger partial charge in [0.1, 0.15) is 6.10 Å². The van der Waals surface area contributed by atoms with Gasteiger partial charge in [0.15, 0.2) is 0 Å². The maximum absolute atomic E-state index is 10.6. The zero-order chi connectivity index (χ0) is 25.9. The van der Waals surface area contributed by atoms with Crippen LogP contribution in [-0.4, -0.2) is 64.9 Å². The zero-order valence-electron chi connectivity index (χ0n) is 22.1. The summed E-state index contributed by atoms with van der Waals surface area (Å²) in [6.07, 6.45) is 18.1. The monoisotopic (exact) mass is 474 g/mol. The van der Waals surface area contributed by atoms with E-state index in [2.05, 4.69) is 45.0 Å². The lowest BCUT2D eigenvalue weighted by molar-refractivity contribution is -0.145. The highest BCUT2D eigenvalue weighted by atomic mass is 16.4. The van der Waals surface area contributed by atoms with Gasteiger partial charge in [0.2, 0.25) is 5.91 Å². The lowest BCUT2D eigenvalue weighted by Crippen LogP contribution is -2.13. The number of aliphatic carboxylic acids is 1. The van der Waals surface area contributed by atoms with E-state index in [0.29, 0.717) is 6.42 Å². The number of allylic oxidation sites excluding steroid dienone is 1. The van der Waals surface area contributed by atoms with E-state index in [4.69, 9.17) is 15.9 Å². The molecule has 0 fully saturated rings. The van der Waals surface area contributed by atoms with Crippen molar-refractivity contribution < 1.29 is 24.9 Å². The first kappa shape index (κ1) is 36.1. The topological polar surface area (TPSA) is 124 Å². The number of aliphatic hydroxyl groups is 2. The Labute approximate surface area is 203 Å². The summed E-state index contributed by atoms with van der Waals surface area (Å²) in [6.45, 7) is 6.79. The van der Waals surface area contributed by atoms with Gasteiger partial charge in [-0.2, -0.15) is 0 Å². The second-order valence-electron chi connectivity index (χ2n) is 8.80. The van der Waals surface area contributed by atoms with E-state index in [-0.39, 0.29) is 12.0 Å². The van der Waals surface area contributed by atoms with Gasteiger partial charge < -0.3 is 26.0 Å². The average Bonchev–Trinajstić information content (AvgIpc) is 2.73. The second-order valence-corrected chi connectivity index (χ2v) is 8.80. The predicted molar refractivity (Wildman–Crippen MR) is 138 cm³/mol. The van der Waals surface area contributed by atoms with Crippen molar-refractivity contribution in [1.82, 2.24) is 4.90 Å². The van der Waals surface area contributed by atoms with Gasteiger partial charge in [0, 0.05) is 6.42 Å². The molecule has 0 spiro atoms. The Morgan fingerprint density at radius 3 is 1.88 bits per heavy atom. The number of aliphatic hydroxyl groups excluding tert-OH is 2. The summed E-state index contributed by atoms with van der Waals surface area (Å²) in [5.74, 6) is -1.37. The highest BCUT2D eigenvalue weighted by molar-refractivity contribution is 5.73. The summed E-state index contributed by atoms with van der Waals surface area (Å²) in [4.78, 5) is 22.2. The van der Waals surface area contributed by atoms with Gasteiger partial charge in [-0.15, -0.1) is 0 Å². The molecule has 0 aromatic heterocycles. The van der Waals surface area contributed by atoms with Crippen molar-refractivity contribution in [3.05, 3.63) is 12.2 Å². The predicted octanol–water partition coefficient (Wildman–Crippen LogP) is 4.89. The van der Waals surface area contributed by atoms with Gasteiger partial charge in [0.05, 0.1) is 6.10 Å². The van der Waals surface area contributed by atoms with Crippen LogP contribution in [0.25, 0.3) is 0 Å². The molecule has 1 amide bonds. The van der Waals surface area contributed by atoms with E-state index in [1.54, 1.807) is 0 Å². The second kappa shape index (κ2) is 28.6. The molecule has 0 saturated carbocycles. The minimum Gasteiger partial charge on any atom is -0.479 e. The molecule has 2 atom stereocenters. The van der Waals surface area contributed by atoms with Gasteiger partial charge in [0.25, 0.3) is 0 Å². The van der Waals surface area contributed by atoms with E-state index >= 15 is 0 Å². The maximum atomic E-state index is 10.6. The maximum Gasteiger partial charge on any atom is 0.332 e. The van der Waals surface area contributed by atoms with Gasteiger partial charge in [-0.25, -0.2) is 4.79 Å². The summed E-state index contributed by atoms with van der Waals surface area (Å²) >= 11 is 0. The van der Waals surface area contributed by atoms with Crippen molar-refractivity contribution in [3.63, 3.8) is 0 Å². The first-order valence-electron chi connectivity index (χ1n) is 12.7. The van der Waals surface area contributed by atoms with E-state index in [0.717, 1.165) is 38.5 Å². The lowest BCUT2D eigenvalue weighted by Gasteiger charge is -2.07. The number of nitrogens with two attached hydrogens (primary N) is 1. The summed E-state index contributed by atoms with van der Waals surface area (Å²) < 4.78 is 0. The van der Waals surface area contributed by atoms with Crippen LogP contribution in [0.15, 0.2) is 12.2 Å². The van der Waals surface area contributed by atoms with Crippen LogP contribution in [0.2, 0.25) is 0 Å². The Kier molecular flexibility index (Phi) is 31.3. The molecule has 0 bridgehead atoms. The number of carboxylic acids is 1. The molecule has 0 radical (unpaired) electrons. The number of rotatable bonds is 18. The average molecular weight is 475 g/mol. The Hall–Kier alpha value is -1.44. The number of unbranched alkanes of at least 4 members (excludes halogenated alkanes) is 8. The third-order valence-corrected chi connectivity index (χ3v) is 4.79. The van der Waals surface area contributed by atoms with E-state index in [1.807, 2.05) is 0 Å². The van der Waals surface area contributed by atoms with Crippen LogP contribution < -0.4 is 5.73 Å². The SMILES string of the molecule is CC(O)C(=O)O.CCCCCCC(O)C/C=C\CCCCCCCC(N)=O.CCCN(C)C. The van der Waals surface area contributed by atoms with Crippen molar-refractivity contribution in [3.8, 4) is 0 Å².